The number of alkyl halides is 3. The lowest BCUT2D eigenvalue weighted by Gasteiger charge is -2.20. The fourth-order valence-electron chi connectivity index (χ4n) is 2.65. The molecule has 0 bridgehead atoms. The number of rotatable bonds is 6. The summed E-state index contributed by atoms with van der Waals surface area (Å²) in [5.74, 6) is 0. The first-order valence-electron chi connectivity index (χ1n) is 8.00. The minimum atomic E-state index is -0.544. The van der Waals surface area contributed by atoms with E-state index in [4.69, 9.17) is 0 Å². The fraction of sp³-hybridized carbons (Fsp3) is 0.143. The van der Waals surface area contributed by atoms with Gasteiger partial charge < -0.3 is 0 Å². The topological polar surface area (TPSA) is 0 Å². The summed E-state index contributed by atoms with van der Waals surface area (Å²) < 4.78 is 0. The van der Waals surface area contributed by atoms with Gasteiger partial charge in [0.05, 0.1) is 0 Å². The Morgan fingerprint density at radius 2 is 0.680 bits per heavy atom. The Kier molecular flexibility index (Phi) is 7.30. The highest BCUT2D eigenvalue weighted by molar-refractivity contribution is 9.09. The molecule has 0 atom stereocenters. The van der Waals surface area contributed by atoms with Crippen LogP contribution in [0.3, 0.4) is 0 Å². The minimum absolute atomic E-state index is 0.544. The highest BCUT2D eigenvalue weighted by Crippen LogP contribution is 2.33. The van der Waals surface area contributed by atoms with Crippen molar-refractivity contribution in [1.82, 2.24) is 0 Å². The van der Waals surface area contributed by atoms with Gasteiger partial charge in [0, 0.05) is 16.0 Å². The second kappa shape index (κ2) is 9.46. The van der Waals surface area contributed by atoms with Gasteiger partial charge in [0.15, 0.2) is 0 Å². The third-order valence-corrected chi connectivity index (χ3v) is 8.43. The van der Waals surface area contributed by atoms with Crippen LogP contribution in [0.15, 0.2) is 72.8 Å². The summed E-state index contributed by atoms with van der Waals surface area (Å²) in [4.78, 5) is 0. The summed E-state index contributed by atoms with van der Waals surface area (Å²) in [6.45, 7) is 0. The largest absolute Gasteiger partial charge is 0.0876 e. The standard InChI is InChI=1S/C21H18Br3P/c22-13-16-1-7-19(8-2-16)25(20-9-3-17(14-23)4-10-20)21-11-5-18(15-24)6-12-21/h1-12H,13-15H2. The molecule has 0 aromatic heterocycles. The van der Waals surface area contributed by atoms with Gasteiger partial charge in [-0.05, 0) is 40.5 Å². The Morgan fingerprint density at radius 1 is 0.440 bits per heavy atom. The molecule has 3 aromatic rings. The quantitative estimate of drug-likeness (QED) is 0.261. The lowest BCUT2D eigenvalue weighted by Crippen LogP contribution is -2.20. The Labute approximate surface area is 176 Å². The van der Waals surface area contributed by atoms with Gasteiger partial charge in [0.1, 0.15) is 0 Å². The predicted octanol–water partition coefficient (Wildman–Crippen LogP) is 6.13. The highest BCUT2D eigenvalue weighted by Gasteiger charge is 2.16. The second-order valence-corrected chi connectivity index (χ2v) is 9.64. The van der Waals surface area contributed by atoms with E-state index in [0.717, 1.165) is 16.0 Å². The summed E-state index contributed by atoms with van der Waals surface area (Å²) in [6, 6.07) is 27.0. The summed E-state index contributed by atoms with van der Waals surface area (Å²) in [5.41, 5.74) is 3.92. The van der Waals surface area contributed by atoms with Crippen LogP contribution in [0.5, 0.6) is 0 Å². The molecule has 0 unspecified atom stereocenters. The molecule has 0 saturated heterocycles. The van der Waals surface area contributed by atoms with Crippen molar-refractivity contribution in [2.24, 2.45) is 0 Å². The van der Waals surface area contributed by atoms with Crippen molar-refractivity contribution in [3.05, 3.63) is 89.5 Å². The molecular formula is C21H18Br3P. The van der Waals surface area contributed by atoms with Crippen LogP contribution in [0.1, 0.15) is 16.7 Å². The predicted molar refractivity (Wildman–Crippen MR) is 123 cm³/mol. The smallest absolute Gasteiger partial charge is 0.0283 e. The SMILES string of the molecule is BrCc1ccc(P(c2ccc(CBr)cc2)c2ccc(CBr)cc2)cc1. The van der Waals surface area contributed by atoms with Crippen LogP contribution >= 0.6 is 55.7 Å². The molecule has 3 aromatic carbocycles. The molecule has 0 heterocycles. The third kappa shape index (κ3) is 4.83. The molecule has 0 saturated carbocycles. The molecule has 0 radical (unpaired) electrons. The van der Waals surface area contributed by atoms with E-state index in [0.29, 0.717) is 0 Å². The summed E-state index contributed by atoms with van der Waals surface area (Å²) in [6.07, 6.45) is 0. The number of benzene rings is 3. The maximum absolute atomic E-state index is 3.54. The van der Waals surface area contributed by atoms with Gasteiger partial charge in [-0.15, -0.1) is 0 Å². The number of hydrogen-bond donors (Lipinski definition) is 0. The van der Waals surface area contributed by atoms with E-state index < -0.39 is 7.92 Å². The monoisotopic (exact) mass is 538 g/mol. The molecule has 4 heteroatoms. The van der Waals surface area contributed by atoms with E-state index in [1.165, 1.54) is 32.6 Å². The van der Waals surface area contributed by atoms with Crippen molar-refractivity contribution < 1.29 is 0 Å². The van der Waals surface area contributed by atoms with Crippen molar-refractivity contribution in [3.8, 4) is 0 Å². The van der Waals surface area contributed by atoms with Gasteiger partial charge in [-0.1, -0.05) is 121 Å². The molecule has 0 N–H and O–H groups in total. The molecule has 0 amide bonds. The Hall–Kier alpha value is -0.470. The lowest BCUT2D eigenvalue weighted by molar-refractivity contribution is 1.44. The summed E-state index contributed by atoms with van der Waals surface area (Å²) in [7, 11) is -0.544. The Balaban J connectivity index is 2.04. The van der Waals surface area contributed by atoms with Gasteiger partial charge in [0.2, 0.25) is 0 Å². The highest BCUT2D eigenvalue weighted by atomic mass is 79.9. The van der Waals surface area contributed by atoms with E-state index >= 15 is 0 Å². The molecular weight excluding hydrogens is 523 g/mol. The zero-order valence-corrected chi connectivity index (χ0v) is 19.3. The molecule has 0 nitrogen and oxygen atoms in total. The lowest BCUT2D eigenvalue weighted by atomic mass is 10.2. The van der Waals surface area contributed by atoms with Crippen molar-refractivity contribution in [2.45, 2.75) is 16.0 Å². The van der Waals surface area contributed by atoms with Gasteiger partial charge in [0.25, 0.3) is 0 Å². The third-order valence-electron chi connectivity index (χ3n) is 4.05. The molecule has 0 aliphatic carbocycles. The van der Waals surface area contributed by atoms with Crippen LogP contribution in [0.2, 0.25) is 0 Å². The fourth-order valence-corrected chi connectivity index (χ4v) is 6.01. The zero-order chi connectivity index (χ0) is 17.6. The van der Waals surface area contributed by atoms with Gasteiger partial charge in [-0.25, -0.2) is 0 Å². The molecule has 128 valence electrons. The maximum Gasteiger partial charge on any atom is 0.0283 e. The van der Waals surface area contributed by atoms with Crippen LogP contribution in [0.4, 0.5) is 0 Å². The first kappa shape index (κ1) is 19.3. The molecule has 0 spiro atoms. The second-order valence-electron chi connectivity index (χ2n) is 5.74. The molecule has 0 aliphatic rings. The average Bonchev–Trinajstić information content (AvgIpc) is 2.70. The average molecular weight is 541 g/mol. The molecule has 0 aliphatic heterocycles. The van der Waals surface area contributed by atoms with Gasteiger partial charge in [-0.3, -0.25) is 0 Å². The maximum atomic E-state index is 3.54. The van der Waals surface area contributed by atoms with E-state index in [9.17, 15) is 0 Å². The normalized spacial score (nSPS) is 11.0. The first-order chi connectivity index (χ1) is 12.2. The van der Waals surface area contributed by atoms with E-state index in [1.54, 1.807) is 0 Å². The van der Waals surface area contributed by atoms with Crippen LogP contribution in [-0.2, 0) is 16.0 Å². The van der Waals surface area contributed by atoms with Crippen molar-refractivity contribution in [3.63, 3.8) is 0 Å². The Morgan fingerprint density at radius 3 is 0.880 bits per heavy atom. The van der Waals surface area contributed by atoms with Crippen molar-refractivity contribution in [2.75, 3.05) is 0 Å². The number of halogens is 3. The van der Waals surface area contributed by atoms with E-state index in [1.807, 2.05) is 0 Å². The van der Waals surface area contributed by atoms with Crippen LogP contribution < -0.4 is 15.9 Å². The van der Waals surface area contributed by atoms with Crippen LogP contribution in [-0.4, -0.2) is 0 Å². The van der Waals surface area contributed by atoms with Crippen LogP contribution in [0, 0.1) is 0 Å². The van der Waals surface area contributed by atoms with Gasteiger partial charge in [-0.2, -0.15) is 0 Å². The van der Waals surface area contributed by atoms with E-state index in [2.05, 4.69) is 121 Å². The Bertz CT molecular complexity index is 683. The van der Waals surface area contributed by atoms with E-state index in [-0.39, 0.29) is 0 Å². The first-order valence-corrected chi connectivity index (χ1v) is 12.7. The molecule has 25 heavy (non-hydrogen) atoms. The summed E-state index contributed by atoms with van der Waals surface area (Å²) in [5, 5.41) is 6.84. The zero-order valence-electron chi connectivity index (χ0n) is 13.6. The minimum Gasteiger partial charge on any atom is -0.0876 e. The molecule has 3 rings (SSSR count). The summed E-state index contributed by atoms with van der Waals surface area (Å²) >= 11 is 10.6. The van der Waals surface area contributed by atoms with Gasteiger partial charge >= 0.3 is 0 Å². The van der Waals surface area contributed by atoms with Crippen LogP contribution in [0.25, 0.3) is 0 Å². The molecule has 0 fully saturated rings. The van der Waals surface area contributed by atoms with Crippen molar-refractivity contribution >= 4 is 71.6 Å². The van der Waals surface area contributed by atoms with Crippen molar-refractivity contribution in [1.29, 1.82) is 0 Å². The number of hydrogen-bond acceptors (Lipinski definition) is 0.